The van der Waals surface area contributed by atoms with E-state index in [-0.39, 0.29) is 0 Å². The number of hydrogen-bond acceptors (Lipinski definition) is 2. The monoisotopic (exact) mass is 427 g/mol. The Balaban J connectivity index is 1.66. The second-order valence-electron chi connectivity index (χ2n) is 8.39. The molecular weight excluding hydrogens is 406 g/mol. The maximum atomic E-state index is 6.20. The second kappa shape index (κ2) is 6.84. The number of aryl methyl sites for hydroxylation is 1. The zero-order chi connectivity index (χ0) is 21.9. The Bertz CT molecular complexity index is 1750. The lowest BCUT2D eigenvalue weighted by atomic mass is 10.1. The molecule has 0 spiro atoms. The molecule has 7 aromatic rings. The molecule has 0 fully saturated rings. The van der Waals surface area contributed by atoms with Crippen LogP contribution in [-0.2, 0) is 6.42 Å². The first-order valence-electron chi connectivity index (χ1n) is 11.3. The third-order valence-electron chi connectivity index (χ3n) is 6.56. The molecule has 0 aliphatic carbocycles. The number of hydrogen-bond donors (Lipinski definition) is 0. The third kappa shape index (κ3) is 2.55. The molecule has 4 heteroatoms. The minimum absolute atomic E-state index is 0.600. The number of benzene rings is 4. The van der Waals surface area contributed by atoms with Crippen molar-refractivity contribution in [3.63, 3.8) is 0 Å². The summed E-state index contributed by atoms with van der Waals surface area (Å²) in [7, 11) is 0. The van der Waals surface area contributed by atoms with E-state index in [0.717, 1.165) is 45.6 Å². The maximum absolute atomic E-state index is 6.20. The minimum Gasteiger partial charge on any atom is -0.423 e. The van der Waals surface area contributed by atoms with Gasteiger partial charge in [-0.1, -0.05) is 79.7 Å². The number of fused-ring (bicyclic) bond motifs is 6. The van der Waals surface area contributed by atoms with E-state index in [1.807, 2.05) is 18.2 Å². The standard InChI is InChI=1S/C29H21N3O/c1-2-19-15-17-20(18-16-19)27-28(30-29-32(27)25-13-7-8-14-26(25)33-29)31-23-11-5-3-9-21(23)22-10-4-6-12-24(22)31/h3-18H,2H2,1H3. The fraction of sp³-hybridized carbons (Fsp3) is 0.0690. The van der Waals surface area contributed by atoms with E-state index in [9.17, 15) is 0 Å². The molecule has 0 N–H and O–H groups in total. The number of para-hydroxylation sites is 4. The summed E-state index contributed by atoms with van der Waals surface area (Å²) in [6.45, 7) is 2.18. The molecule has 0 bridgehead atoms. The predicted molar refractivity (Wildman–Crippen MR) is 134 cm³/mol. The van der Waals surface area contributed by atoms with Crippen LogP contribution in [0.2, 0.25) is 0 Å². The molecule has 158 valence electrons. The molecule has 0 radical (unpaired) electrons. The number of imidazole rings is 1. The number of rotatable bonds is 3. The summed E-state index contributed by atoms with van der Waals surface area (Å²) in [6, 6.07) is 34.0. The first-order valence-corrected chi connectivity index (χ1v) is 11.3. The van der Waals surface area contributed by atoms with Crippen LogP contribution in [0.3, 0.4) is 0 Å². The predicted octanol–water partition coefficient (Wildman–Crippen LogP) is 7.41. The molecule has 0 saturated heterocycles. The summed E-state index contributed by atoms with van der Waals surface area (Å²) in [5.74, 6) is 1.48. The minimum atomic E-state index is 0.600. The van der Waals surface area contributed by atoms with Crippen molar-refractivity contribution in [2.24, 2.45) is 0 Å². The summed E-state index contributed by atoms with van der Waals surface area (Å²) in [5.41, 5.74) is 7.58. The molecule has 0 aliphatic heterocycles. The Morgan fingerprint density at radius 1 is 0.697 bits per heavy atom. The molecule has 4 nitrogen and oxygen atoms in total. The van der Waals surface area contributed by atoms with Crippen molar-refractivity contribution in [2.45, 2.75) is 13.3 Å². The van der Waals surface area contributed by atoms with Crippen molar-refractivity contribution >= 4 is 38.7 Å². The first kappa shape index (κ1) is 18.3. The molecule has 7 rings (SSSR count). The Hall–Kier alpha value is -4.31. The van der Waals surface area contributed by atoms with Crippen molar-refractivity contribution in [1.82, 2.24) is 14.0 Å². The van der Waals surface area contributed by atoms with Gasteiger partial charge in [-0.25, -0.2) is 0 Å². The van der Waals surface area contributed by atoms with E-state index in [0.29, 0.717) is 5.84 Å². The molecule has 0 atom stereocenters. The number of oxazole rings is 1. The van der Waals surface area contributed by atoms with Gasteiger partial charge in [0.25, 0.3) is 0 Å². The van der Waals surface area contributed by atoms with E-state index in [4.69, 9.17) is 9.40 Å². The van der Waals surface area contributed by atoms with Gasteiger partial charge >= 0.3 is 5.84 Å². The van der Waals surface area contributed by atoms with E-state index >= 15 is 0 Å². The van der Waals surface area contributed by atoms with Crippen LogP contribution in [0.1, 0.15) is 12.5 Å². The smallest absolute Gasteiger partial charge is 0.309 e. The van der Waals surface area contributed by atoms with Gasteiger partial charge in [0.05, 0.1) is 16.6 Å². The van der Waals surface area contributed by atoms with Crippen LogP contribution in [0.5, 0.6) is 0 Å². The lowest BCUT2D eigenvalue weighted by Gasteiger charge is -2.10. The van der Waals surface area contributed by atoms with E-state index in [1.165, 1.54) is 16.3 Å². The van der Waals surface area contributed by atoms with Gasteiger partial charge in [0.2, 0.25) is 0 Å². The van der Waals surface area contributed by atoms with Crippen LogP contribution in [0.15, 0.2) is 101 Å². The summed E-state index contributed by atoms with van der Waals surface area (Å²) in [4.78, 5) is 5.07. The lowest BCUT2D eigenvalue weighted by molar-refractivity contribution is 0.641. The van der Waals surface area contributed by atoms with Gasteiger partial charge in [0, 0.05) is 16.3 Å². The number of nitrogens with zero attached hydrogens (tertiary/aromatic N) is 3. The molecule has 3 heterocycles. The highest BCUT2D eigenvalue weighted by molar-refractivity contribution is 6.09. The third-order valence-corrected chi connectivity index (χ3v) is 6.56. The molecular formula is C29H21N3O. The Labute approximate surface area is 190 Å². The molecule has 0 aliphatic rings. The first-order chi connectivity index (χ1) is 16.3. The summed E-state index contributed by atoms with van der Waals surface area (Å²) < 4.78 is 10.6. The highest BCUT2D eigenvalue weighted by Gasteiger charge is 2.23. The summed E-state index contributed by atoms with van der Waals surface area (Å²) >= 11 is 0. The van der Waals surface area contributed by atoms with Gasteiger partial charge in [0.15, 0.2) is 11.4 Å². The summed E-state index contributed by atoms with van der Waals surface area (Å²) in [5, 5.41) is 2.43. The van der Waals surface area contributed by atoms with Crippen LogP contribution in [-0.4, -0.2) is 14.0 Å². The van der Waals surface area contributed by atoms with Crippen LogP contribution < -0.4 is 0 Å². The van der Waals surface area contributed by atoms with Gasteiger partial charge < -0.3 is 4.42 Å². The van der Waals surface area contributed by atoms with Crippen molar-refractivity contribution in [1.29, 1.82) is 0 Å². The zero-order valence-electron chi connectivity index (χ0n) is 18.2. The quantitative estimate of drug-likeness (QED) is 0.294. The molecule has 3 aromatic heterocycles. The normalized spacial score (nSPS) is 11.9. The largest absolute Gasteiger partial charge is 0.423 e. The fourth-order valence-corrected chi connectivity index (χ4v) is 4.97. The highest BCUT2D eigenvalue weighted by atomic mass is 16.4. The second-order valence-corrected chi connectivity index (χ2v) is 8.39. The summed E-state index contributed by atoms with van der Waals surface area (Å²) in [6.07, 6.45) is 1.01. The average molecular weight is 428 g/mol. The van der Waals surface area contributed by atoms with E-state index < -0.39 is 0 Å². The van der Waals surface area contributed by atoms with Crippen molar-refractivity contribution < 1.29 is 4.42 Å². The van der Waals surface area contributed by atoms with Gasteiger partial charge in [0.1, 0.15) is 5.69 Å². The van der Waals surface area contributed by atoms with Crippen LogP contribution in [0.25, 0.3) is 55.8 Å². The van der Waals surface area contributed by atoms with Crippen LogP contribution in [0.4, 0.5) is 0 Å². The Morgan fingerprint density at radius 2 is 1.30 bits per heavy atom. The molecule has 0 unspecified atom stereocenters. The molecule has 33 heavy (non-hydrogen) atoms. The lowest BCUT2D eigenvalue weighted by Crippen LogP contribution is -1.98. The van der Waals surface area contributed by atoms with Crippen molar-refractivity contribution in [3.8, 4) is 17.1 Å². The van der Waals surface area contributed by atoms with Gasteiger partial charge in [-0.3, -0.25) is 8.97 Å². The van der Waals surface area contributed by atoms with Crippen LogP contribution in [0, 0.1) is 0 Å². The van der Waals surface area contributed by atoms with Crippen molar-refractivity contribution in [2.75, 3.05) is 0 Å². The zero-order valence-corrected chi connectivity index (χ0v) is 18.2. The number of aromatic nitrogens is 3. The Kier molecular flexibility index (Phi) is 3.79. The van der Waals surface area contributed by atoms with E-state index in [1.54, 1.807) is 0 Å². The topological polar surface area (TPSA) is 35.4 Å². The van der Waals surface area contributed by atoms with Crippen LogP contribution >= 0.6 is 0 Å². The van der Waals surface area contributed by atoms with Gasteiger partial charge in [-0.05, 0) is 36.2 Å². The van der Waals surface area contributed by atoms with Crippen molar-refractivity contribution in [3.05, 3.63) is 103 Å². The molecule has 4 aromatic carbocycles. The highest BCUT2D eigenvalue weighted by Crippen LogP contribution is 2.38. The Morgan fingerprint density at radius 3 is 1.97 bits per heavy atom. The van der Waals surface area contributed by atoms with Gasteiger partial charge in [-0.2, -0.15) is 4.98 Å². The maximum Gasteiger partial charge on any atom is 0.309 e. The fourth-order valence-electron chi connectivity index (χ4n) is 4.97. The molecule has 0 saturated carbocycles. The SMILES string of the molecule is CCc1ccc(-c2c(-n3c4ccccc4c4ccccc43)nc3oc4ccccc4n23)cc1. The van der Waals surface area contributed by atoms with E-state index in [2.05, 4.69) is 94.8 Å². The van der Waals surface area contributed by atoms with Gasteiger partial charge in [-0.15, -0.1) is 0 Å². The average Bonchev–Trinajstić information content (AvgIpc) is 3.51. The molecule has 0 amide bonds.